The second-order valence-electron chi connectivity index (χ2n) is 5.21. The van der Waals surface area contributed by atoms with Crippen LogP contribution < -0.4 is 5.32 Å². The first-order chi connectivity index (χ1) is 7.83. The fraction of sp³-hybridized carbons (Fsp3) is 0.692. The van der Waals surface area contributed by atoms with Gasteiger partial charge in [-0.2, -0.15) is 0 Å². The van der Waals surface area contributed by atoms with Crippen molar-refractivity contribution in [3.05, 3.63) is 24.0 Å². The van der Waals surface area contributed by atoms with Crippen LogP contribution in [0.4, 0.5) is 0 Å². The Labute approximate surface area is 97.4 Å². The summed E-state index contributed by atoms with van der Waals surface area (Å²) in [5.74, 6) is 0. The highest BCUT2D eigenvalue weighted by Gasteiger charge is 2.36. The number of hydrogen-bond acceptors (Lipinski definition) is 2. The summed E-state index contributed by atoms with van der Waals surface area (Å²) in [5.41, 5.74) is 1.40. The molecule has 0 aromatic carbocycles. The van der Waals surface area contributed by atoms with Gasteiger partial charge in [0, 0.05) is 44.6 Å². The lowest BCUT2D eigenvalue weighted by molar-refractivity contribution is 0.298. The number of nitrogens with one attached hydrogen (secondary N) is 1. The largest absolute Gasteiger partial charge is 0.357 e. The van der Waals surface area contributed by atoms with Crippen LogP contribution in [-0.2, 0) is 13.6 Å². The Hall–Kier alpha value is -0.800. The highest BCUT2D eigenvalue weighted by molar-refractivity contribution is 5.10. The molecule has 1 aromatic heterocycles. The molecule has 0 saturated carbocycles. The molecule has 0 bridgehead atoms. The molecule has 2 atom stereocenters. The van der Waals surface area contributed by atoms with E-state index in [4.69, 9.17) is 0 Å². The highest BCUT2D eigenvalue weighted by atomic mass is 15.2. The molecular weight excluding hydrogens is 198 g/mol. The summed E-state index contributed by atoms with van der Waals surface area (Å²) in [7, 11) is 2.08. The molecule has 3 nitrogen and oxygen atoms in total. The van der Waals surface area contributed by atoms with Crippen molar-refractivity contribution in [2.24, 2.45) is 7.05 Å². The van der Waals surface area contributed by atoms with Crippen LogP contribution in [0.15, 0.2) is 18.5 Å². The maximum absolute atomic E-state index is 3.73. The van der Waals surface area contributed by atoms with Crippen molar-refractivity contribution in [3.63, 3.8) is 0 Å². The highest BCUT2D eigenvalue weighted by Crippen LogP contribution is 2.27. The van der Waals surface area contributed by atoms with Crippen LogP contribution in [0.5, 0.6) is 0 Å². The van der Waals surface area contributed by atoms with Gasteiger partial charge in [0.1, 0.15) is 0 Å². The number of aromatic nitrogens is 1. The van der Waals surface area contributed by atoms with Crippen molar-refractivity contribution >= 4 is 0 Å². The quantitative estimate of drug-likeness (QED) is 0.828. The predicted octanol–water partition coefficient (Wildman–Crippen LogP) is 1.35. The van der Waals surface area contributed by atoms with E-state index in [-0.39, 0.29) is 0 Å². The van der Waals surface area contributed by atoms with Crippen LogP contribution in [0, 0.1) is 0 Å². The number of nitrogens with zero attached hydrogens (tertiary/aromatic N) is 2. The van der Waals surface area contributed by atoms with Crippen LogP contribution in [-0.4, -0.2) is 34.6 Å². The van der Waals surface area contributed by atoms with E-state index in [9.17, 15) is 0 Å². The van der Waals surface area contributed by atoms with Gasteiger partial charge in [-0.25, -0.2) is 0 Å². The van der Waals surface area contributed by atoms with E-state index in [1.54, 1.807) is 0 Å². The van der Waals surface area contributed by atoms with Crippen LogP contribution in [0.3, 0.4) is 0 Å². The number of aryl methyl sites for hydroxylation is 1. The minimum atomic E-state index is 0.725. The maximum atomic E-state index is 3.73. The van der Waals surface area contributed by atoms with Gasteiger partial charge in [0.2, 0.25) is 0 Å². The zero-order valence-electron chi connectivity index (χ0n) is 10.0. The lowest BCUT2D eigenvalue weighted by Crippen LogP contribution is -2.38. The second-order valence-corrected chi connectivity index (χ2v) is 5.21. The third kappa shape index (κ3) is 1.89. The topological polar surface area (TPSA) is 20.2 Å². The Morgan fingerprint density at radius 2 is 2.31 bits per heavy atom. The maximum Gasteiger partial charge on any atom is 0.0250 e. The molecule has 1 aromatic rings. The Morgan fingerprint density at radius 3 is 3.12 bits per heavy atom. The van der Waals surface area contributed by atoms with E-state index >= 15 is 0 Å². The van der Waals surface area contributed by atoms with E-state index in [0.29, 0.717) is 0 Å². The molecule has 0 spiro atoms. The van der Waals surface area contributed by atoms with E-state index in [1.165, 1.54) is 37.9 Å². The number of hydrogen-bond donors (Lipinski definition) is 1. The van der Waals surface area contributed by atoms with Gasteiger partial charge in [0.05, 0.1) is 0 Å². The van der Waals surface area contributed by atoms with Crippen molar-refractivity contribution in [1.82, 2.24) is 14.8 Å². The fourth-order valence-corrected chi connectivity index (χ4v) is 3.24. The van der Waals surface area contributed by atoms with Gasteiger partial charge in [-0.1, -0.05) is 0 Å². The molecule has 3 heterocycles. The Morgan fingerprint density at radius 1 is 1.38 bits per heavy atom. The first kappa shape index (κ1) is 10.4. The third-order valence-electron chi connectivity index (χ3n) is 4.07. The van der Waals surface area contributed by atoms with E-state index in [1.807, 2.05) is 0 Å². The third-order valence-corrected chi connectivity index (χ3v) is 4.07. The SMILES string of the molecule is Cn1ccc(CNC2CCN3CCCC23)c1. The van der Waals surface area contributed by atoms with Crippen molar-refractivity contribution in [2.45, 2.75) is 37.9 Å². The average Bonchev–Trinajstić information content (AvgIpc) is 2.91. The Bertz CT molecular complexity index is 358. The van der Waals surface area contributed by atoms with Crippen molar-refractivity contribution in [1.29, 1.82) is 0 Å². The van der Waals surface area contributed by atoms with Gasteiger partial charge in [-0.3, -0.25) is 4.90 Å². The molecule has 0 amide bonds. The molecule has 2 saturated heterocycles. The van der Waals surface area contributed by atoms with Gasteiger partial charge < -0.3 is 9.88 Å². The summed E-state index contributed by atoms with van der Waals surface area (Å²) < 4.78 is 2.12. The first-order valence-electron chi connectivity index (χ1n) is 6.41. The molecule has 0 radical (unpaired) electrons. The monoisotopic (exact) mass is 219 g/mol. The van der Waals surface area contributed by atoms with Crippen LogP contribution in [0.25, 0.3) is 0 Å². The van der Waals surface area contributed by atoms with Crippen LogP contribution in [0.2, 0.25) is 0 Å². The number of fused-ring (bicyclic) bond motifs is 1. The molecule has 2 fully saturated rings. The Kier molecular flexibility index (Phi) is 2.74. The summed E-state index contributed by atoms with van der Waals surface area (Å²) in [6.07, 6.45) is 8.44. The standard InChI is InChI=1S/C13H21N3/c1-15-7-4-11(10-15)9-14-12-5-8-16-6-2-3-13(12)16/h4,7,10,12-14H,2-3,5-6,8-9H2,1H3. The molecule has 2 unspecified atom stereocenters. The summed E-state index contributed by atoms with van der Waals surface area (Å²) in [6, 6.07) is 3.75. The van der Waals surface area contributed by atoms with Crippen LogP contribution in [0.1, 0.15) is 24.8 Å². The molecule has 2 aliphatic heterocycles. The minimum Gasteiger partial charge on any atom is -0.357 e. The molecule has 2 aliphatic rings. The minimum absolute atomic E-state index is 0.725. The molecule has 88 valence electrons. The van der Waals surface area contributed by atoms with Crippen molar-refractivity contribution < 1.29 is 0 Å². The second kappa shape index (κ2) is 4.22. The van der Waals surface area contributed by atoms with Gasteiger partial charge in [-0.15, -0.1) is 0 Å². The summed E-state index contributed by atoms with van der Waals surface area (Å²) in [5, 5.41) is 3.73. The summed E-state index contributed by atoms with van der Waals surface area (Å²) in [4.78, 5) is 2.66. The van der Waals surface area contributed by atoms with E-state index in [2.05, 4.69) is 40.3 Å². The normalized spacial score (nSPS) is 29.8. The van der Waals surface area contributed by atoms with Crippen molar-refractivity contribution in [2.75, 3.05) is 13.1 Å². The zero-order chi connectivity index (χ0) is 11.0. The average molecular weight is 219 g/mol. The van der Waals surface area contributed by atoms with E-state index < -0.39 is 0 Å². The molecule has 16 heavy (non-hydrogen) atoms. The Balaban J connectivity index is 1.55. The summed E-state index contributed by atoms with van der Waals surface area (Å²) in [6.45, 7) is 3.65. The predicted molar refractivity (Wildman–Crippen MR) is 65.3 cm³/mol. The summed E-state index contributed by atoms with van der Waals surface area (Å²) >= 11 is 0. The molecular formula is C13H21N3. The zero-order valence-corrected chi connectivity index (χ0v) is 10.0. The van der Waals surface area contributed by atoms with Gasteiger partial charge in [0.15, 0.2) is 0 Å². The van der Waals surface area contributed by atoms with Crippen molar-refractivity contribution in [3.8, 4) is 0 Å². The first-order valence-corrected chi connectivity index (χ1v) is 6.41. The lowest BCUT2D eigenvalue weighted by atomic mass is 10.1. The number of rotatable bonds is 3. The van der Waals surface area contributed by atoms with Crippen LogP contribution >= 0.6 is 0 Å². The smallest absolute Gasteiger partial charge is 0.0250 e. The van der Waals surface area contributed by atoms with Gasteiger partial charge >= 0.3 is 0 Å². The lowest BCUT2D eigenvalue weighted by Gasteiger charge is -2.21. The molecule has 3 rings (SSSR count). The van der Waals surface area contributed by atoms with Gasteiger partial charge in [-0.05, 0) is 37.4 Å². The van der Waals surface area contributed by atoms with E-state index in [0.717, 1.165) is 18.6 Å². The fourth-order valence-electron chi connectivity index (χ4n) is 3.24. The molecule has 1 N–H and O–H groups in total. The molecule has 0 aliphatic carbocycles. The molecule has 3 heteroatoms. The van der Waals surface area contributed by atoms with Gasteiger partial charge in [0.25, 0.3) is 0 Å².